The molecule has 1 N–H and O–H groups in total. The first kappa shape index (κ1) is 12.2. The molecule has 0 fully saturated rings. The van der Waals surface area contributed by atoms with Crippen molar-refractivity contribution in [2.75, 3.05) is 0 Å². The fourth-order valence-electron chi connectivity index (χ4n) is 1.78. The van der Waals surface area contributed by atoms with Crippen molar-refractivity contribution in [3.05, 3.63) is 28.5 Å². The summed E-state index contributed by atoms with van der Waals surface area (Å²) < 4.78 is 5.72. The Hall–Kier alpha value is -1.27. The lowest BCUT2D eigenvalue weighted by molar-refractivity contribution is 0.169. The van der Waals surface area contributed by atoms with Gasteiger partial charge in [0.1, 0.15) is 0 Å². The van der Waals surface area contributed by atoms with E-state index in [0.29, 0.717) is 6.42 Å². The van der Waals surface area contributed by atoms with Crippen LogP contribution in [-0.4, -0.2) is 24.5 Å². The minimum absolute atomic E-state index is 0.472. The number of aliphatic hydroxyl groups is 1. The van der Waals surface area contributed by atoms with E-state index >= 15 is 0 Å². The standard InChI is InChI=1S/C11H16N4OS/c1-3-9-11(17-14-13-9)10(16)5-4-8-6-7-12-15(8)2/h6-7,10,16H,3-5H2,1-2H3. The molecule has 2 aromatic heterocycles. The average Bonchev–Trinajstić information content (AvgIpc) is 2.94. The van der Waals surface area contributed by atoms with Gasteiger partial charge in [-0.3, -0.25) is 4.68 Å². The van der Waals surface area contributed by atoms with Crippen LogP contribution in [0.3, 0.4) is 0 Å². The maximum absolute atomic E-state index is 10.1. The predicted octanol–water partition coefficient (Wildman–Crippen LogP) is 1.50. The average molecular weight is 252 g/mol. The highest BCUT2D eigenvalue weighted by Gasteiger charge is 2.16. The number of nitrogens with zero attached hydrogens (tertiary/aromatic N) is 4. The number of rotatable bonds is 5. The normalized spacial score (nSPS) is 12.9. The van der Waals surface area contributed by atoms with Gasteiger partial charge in [-0.25, -0.2) is 0 Å². The van der Waals surface area contributed by atoms with E-state index in [1.807, 2.05) is 24.7 Å². The second-order valence-corrected chi connectivity index (χ2v) is 4.72. The van der Waals surface area contributed by atoms with E-state index in [2.05, 4.69) is 14.7 Å². The number of aryl methyl sites for hydroxylation is 3. The van der Waals surface area contributed by atoms with Crippen molar-refractivity contribution in [1.82, 2.24) is 19.4 Å². The van der Waals surface area contributed by atoms with E-state index < -0.39 is 6.10 Å². The fraction of sp³-hybridized carbons (Fsp3) is 0.545. The van der Waals surface area contributed by atoms with Crippen LogP contribution in [0.2, 0.25) is 0 Å². The highest BCUT2D eigenvalue weighted by Crippen LogP contribution is 2.24. The second kappa shape index (κ2) is 5.37. The minimum Gasteiger partial charge on any atom is -0.387 e. The third-order valence-electron chi connectivity index (χ3n) is 2.82. The first-order chi connectivity index (χ1) is 8.22. The van der Waals surface area contributed by atoms with Crippen LogP contribution in [0.4, 0.5) is 0 Å². The van der Waals surface area contributed by atoms with Gasteiger partial charge >= 0.3 is 0 Å². The fourth-order valence-corrected chi connectivity index (χ4v) is 2.53. The molecule has 0 saturated heterocycles. The second-order valence-electron chi connectivity index (χ2n) is 3.94. The molecule has 2 heterocycles. The molecule has 0 bridgehead atoms. The molecule has 0 aliphatic carbocycles. The summed E-state index contributed by atoms with van der Waals surface area (Å²) >= 11 is 1.29. The molecule has 0 saturated carbocycles. The lowest BCUT2D eigenvalue weighted by atomic mass is 10.1. The number of aliphatic hydroxyl groups excluding tert-OH is 1. The van der Waals surface area contributed by atoms with Crippen molar-refractivity contribution in [3.8, 4) is 0 Å². The highest BCUT2D eigenvalue weighted by atomic mass is 32.1. The zero-order valence-corrected chi connectivity index (χ0v) is 10.8. The van der Waals surface area contributed by atoms with Crippen LogP contribution in [-0.2, 0) is 19.9 Å². The van der Waals surface area contributed by atoms with Crippen LogP contribution in [0.25, 0.3) is 0 Å². The number of aromatic nitrogens is 4. The quantitative estimate of drug-likeness (QED) is 0.876. The Bertz CT molecular complexity index is 479. The monoisotopic (exact) mass is 252 g/mol. The molecular weight excluding hydrogens is 236 g/mol. The molecule has 1 unspecified atom stereocenters. The van der Waals surface area contributed by atoms with Crippen molar-refractivity contribution in [3.63, 3.8) is 0 Å². The summed E-state index contributed by atoms with van der Waals surface area (Å²) in [4.78, 5) is 0.898. The molecule has 0 amide bonds. The zero-order valence-electron chi connectivity index (χ0n) is 10.00. The third-order valence-corrected chi connectivity index (χ3v) is 3.69. The minimum atomic E-state index is -0.472. The Labute approximate surface area is 104 Å². The lowest BCUT2D eigenvalue weighted by Crippen LogP contribution is -2.04. The first-order valence-electron chi connectivity index (χ1n) is 5.68. The summed E-state index contributed by atoms with van der Waals surface area (Å²) in [5, 5.41) is 18.2. The van der Waals surface area contributed by atoms with E-state index in [1.165, 1.54) is 11.5 Å². The van der Waals surface area contributed by atoms with Crippen LogP contribution in [0, 0.1) is 0 Å². The van der Waals surface area contributed by atoms with Gasteiger partial charge in [-0.1, -0.05) is 11.4 Å². The molecular formula is C11H16N4OS. The largest absolute Gasteiger partial charge is 0.387 e. The Balaban J connectivity index is 1.98. The summed E-state index contributed by atoms with van der Waals surface area (Å²) in [5.41, 5.74) is 2.03. The summed E-state index contributed by atoms with van der Waals surface area (Å²) in [5.74, 6) is 0. The van der Waals surface area contributed by atoms with Crippen molar-refractivity contribution in [2.24, 2.45) is 7.05 Å². The van der Waals surface area contributed by atoms with Gasteiger partial charge in [0.25, 0.3) is 0 Å². The summed E-state index contributed by atoms with van der Waals surface area (Å²) in [7, 11) is 1.91. The van der Waals surface area contributed by atoms with Crippen LogP contribution in [0.15, 0.2) is 12.3 Å². The molecule has 6 heteroatoms. The molecule has 2 aromatic rings. The topological polar surface area (TPSA) is 63.8 Å². The molecule has 2 rings (SSSR count). The molecule has 5 nitrogen and oxygen atoms in total. The summed E-state index contributed by atoms with van der Waals surface area (Å²) in [6, 6.07) is 1.97. The van der Waals surface area contributed by atoms with Crippen molar-refractivity contribution in [1.29, 1.82) is 0 Å². The van der Waals surface area contributed by atoms with E-state index in [-0.39, 0.29) is 0 Å². The summed E-state index contributed by atoms with van der Waals surface area (Å²) in [6.45, 7) is 2.02. The lowest BCUT2D eigenvalue weighted by Gasteiger charge is -2.09. The van der Waals surface area contributed by atoms with Crippen LogP contribution >= 0.6 is 11.5 Å². The van der Waals surface area contributed by atoms with Gasteiger partial charge in [0.05, 0.1) is 16.7 Å². The van der Waals surface area contributed by atoms with Crippen molar-refractivity contribution >= 4 is 11.5 Å². The van der Waals surface area contributed by atoms with Crippen molar-refractivity contribution < 1.29 is 5.11 Å². The SMILES string of the molecule is CCc1nnsc1C(O)CCc1ccnn1C. The predicted molar refractivity (Wildman–Crippen MR) is 65.8 cm³/mol. The number of hydrogen-bond donors (Lipinski definition) is 1. The summed E-state index contributed by atoms with van der Waals surface area (Å²) in [6.07, 6.45) is 3.59. The van der Waals surface area contributed by atoms with Gasteiger partial charge in [0.2, 0.25) is 0 Å². The van der Waals surface area contributed by atoms with Crippen molar-refractivity contribution in [2.45, 2.75) is 32.3 Å². The number of hydrogen-bond acceptors (Lipinski definition) is 5. The molecule has 0 radical (unpaired) electrons. The van der Waals surface area contributed by atoms with Gasteiger partial charge in [-0.2, -0.15) is 5.10 Å². The van der Waals surface area contributed by atoms with Crippen LogP contribution in [0.5, 0.6) is 0 Å². The van der Waals surface area contributed by atoms with Gasteiger partial charge in [0, 0.05) is 18.9 Å². The molecule has 0 aromatic carbocycles. The highest BCUT2D eigenvalue weighted by molar-refractivity contribution is 7.05. The third kappa shape index (κ3) is 2.70. The molecule has 0 aliphatic heterocycles. The molecule has 0 aliphatic rings. The maximum Gasteiger partial charge on any atom is 0.0920 e. The van der Waals surface area contributed by atoms with Gasteiger partial charge < -0.3 is 5.11 Å². The molecule has 0 spiro atoms. The van der Waals surface area contributed by atoms with E-state index in [9.17, 15) is 5.11 Å². The Morgan fingerprint density at radius 2 is 2.35 bits per heavy atom. The van der Waals surface area contributed by atoms with Crippen LogP contribution in [0.1, 0.15) is 35.7 Å². The van der Waals surface area contributed by atoms with Gasteiger partial charge in [-0.15, -0.1) is 5.10 Å². The van der Waals surface area contributed by atoms with E-state index in [1.54, 1.807) is 6.20 Å². The van der Waals surface area contributed by atoms with Gasteiger partial charge in [0.15, 0.2) is 0 Å². The first-order valence-corrected chi connectivity index (χ1v) is 6.45. The maximum atomic E-state index is 10.1. The molecule has 17 heavy (non-hydrogen) atoms. The van der Waals surface area contributed by atoms with E-state index in [4.69, 9.17) is 0 Å². The van der Waals surface area contributed by atoms with Gasteiger partial charge in [-0.05, 0) is 36.9 Å². The Morgan fingerprint density at radius 3 is 3.00 bits per heavy atom. The van der Waals surface area contributed by atoms with Crippen LogP contribution < -0.4 is 0 Å². The smallest absolute Gasteiger partial charge is 0.0920 e. The molecule has 1 atom stereocenters. The Morgan fingerprint density at radius 1 is 1.53 bits per heavy atom. The van der Waals surface area contributed by atoms with E-state index in [0.717, 1.165) is 29.1 Å². The molecule has 92 valence electrons. The Kier molecular flexibility index (Phi) is 3.86. The zero-order chi connectivity index (χ0) is 12.3.